The average Bonchev–Trinajstić information content (AvgIpc) is 2.54. The number of rotatable bonds is 0. The molecule has 74 valence electrons. The molecule has 14 heavy (non-hydrogen) atoms. The third kappa shape index (κ3) is 1.02. The summed E-state index contributed by atoms with van der Waals surface area (Å²) in [6.45, 7) is 8.85. The van der Waals surface area contributed by atoms with Crippen LogP contribution in [0.3, 0.4) is 0 Å². The Labute approximate surface area is 85.4 Å². The van der Waals surface area contributed by atoms with E-state index in [0.717, 1.165) is 0 Å². The van der Waals surface area contributed by atoms with Crippen molar-refractivity contribution in [2.75, 3.05) is 0 Å². The first-order chi connectivity index (χ1) is 6.54. The molecule has 0 saturated heterocycles. The zero-order valence-corrected chi connectivity index (χ0v) is 9.60. The molecule has 0 saturated carbocycles. The Balaban J connectivity index is 3.05. The first-order valence-corrected chi connectivity index (χ1v) is 5.05. The molecule has 0 N–H and O–H groups in total. The Morgan fingerprint density at radius 3 is 2.07 bits per heavy atom. The quantitative estimate of drug-likeness (QED) is 0.595. The predicted octanol–water partition coefficient (Wildman–Crippen LogP) is 3.41. The summed E-state index contributed by atoms with van der Waals surface area (Å²) in [4.78, 5) is 0. The van der Waals surface area contributed by atoms with Gasteiger partial charge in [-0.15, -0.1) is 0 Å². The Morgan fingerprint density at radius 1 is 0.857 bits per heavy atom. The van der Waals surface area contributed by atoms with Crippen LogP contribution in [0.5, 0.6) is 0 Å². The molecule has 0 fully saturated rings. The van der Waals surface area contributed by atoms with Gasteiger partial charge in [0, 0.05) is 18.6 Å². The summed E-state index contributed by atoms with van der Waals surface area (Å²) in [5.74, 6) is 0. The van der Waals surface area contributed by atoms with Gasteiger partial charge in [-0.1, -0.05) is 0 Å². The average molecular weight is 187 g/mol. The van der Waals surface area contributed by atoms with Crippen LogP contribution < -0.4 is 0 Å². The molecule has 0 aliphatic heterocycles. The van der Waals surface area contributed by atoms with Crippen molar-refractivity contribution in [2.45, 2.75) is 27.7 Å². The Hall–Kier alpha value is -1.24. The Morgan fingerprint density at radius 2 is 1.43 bits per heavy atom. The lowest BCUT2D eigenvalue weighted by Crippen LogP contribution is -1.95. The van der Waals surface area contributed by atoms with E-state index in [1.807, 2.05) is 0 Å². The molecule has 0 atom stereocenters. The van der Waals surface area contributed by atoms with Crippen molar-refractivity contribution >= 4 is 10.9 Å². The van der Waals surface area contributed by atoms with Gasteiger partial charge in [-0.25, -0.2) is 0 Å². The first-order valence-electron chi connectivity index (χ1n) is 5.05. The summed E-state index contributed by atoms with van der Waals surface area (Å²) in [6, 6.07) is 2.21. The lowest BCUT2D eigenvalue weighted by atomic mass is 9.96. The van der Waals surface area contributed by atoms with E-state index in [4.69, 9.17) is 0 Å². The molecule has 0 aliphatic carbocycles. The van der Waals surface area contributed by atoms with E-state index in [0.29, 0.717) is 0 Å². The van der Waals surface area contributed by atoms with Crippen molar-refractivity contribution in [2.24, 2.45) is 7.05 Å². The lowest BCUT2D eigenvalue weighted by Gasteiger charge is -2.12. The Bertz CT molecular complexity index is 504. The summed E-state index contributed by atoms with van der Waals surface area (Å²) < 4.78 is 2.21. The molecule has 0 unspecified atom stereocenters. The molecular weight excluding hydrogens is 170 g/mol. The van der Waals surface area contributed by atoms with Gasteiger partial charge in [0.25, 0.3) is 0 Å². The molecule has 2 rings (SSSR count). The minimum Gasteiger partial charge on any atom is -0.350 e. The largest absolute Gasteiger partial charge is 0.350 e. The third-order valence-corrected chi connectivity index (χ3v) is 3.52. The number of aromatic nitrogens is 1. The number of benzene rings is 1. The summed E-state index contributed by atoms with van der Waals surface area (Å²) in [7, 11) is 2.11. The van der Waals surface area contributed by atoms with Crippen molar-refractivity contribution < 1.29 is 0 Å². The van der Waals surface area contributed by atoms with E-state index in [1.165, 1.54) is 33.2 Å². The summed E-state index contributed by atoms with van der Waals surface area (Å²) in [6.07, 6.45) is 2.14. The molecule has 0 aliphatic rings. The van der Waals surface area contributed by atoms with Gasteiger partial charge in [0.2, 0.25) is 0 Å². The van der Waals surface area contributed by atoms with E-state index in [1.54, 1.807) is 0 Å². The molecular formula is C13H17N. The van der Waals surface area contributed by atoms with Crippen molar-refractivity contribution in [3.8, 4) is 0 Å². The lowest BCUT2D eigenvalue weighted by molar-refractivity contribution is 0.961. The highest BCUT2D eigenvalue weighted by Gasteiger charge is 2.10. The second kappa shape index (κ2) is 2.88. The van der Waals surface area contributed by atoms with E-state index in [2.05, 4.69) is 51.6 Å². The maximum absolute atomic E-state index is 2.21. The number of aryl methyl sites for hydroxylation is 3. The topological polar surface area (TPSA) is 4.93 Å². The van der Waals surface area contributed by atoms with Crippen molar-refractivity contribution in [1.29, 1.82) is 0 Å². The SMILES string of the molecule is Cc1c(C)c(C)c2c(ccn2C)c1C. The second-order valence-corrected chi connectivity index (χ2v) is 4.19. The van der Waals surface area contributed by atoms with Gasteiger partial charge in [-0.05, 0) is 56.0 Å². The summed E-state index contributed by atoms with van der Waals surface area (Å²) >= 11 is 0. The third-order valence-electron chi connectivity index (χ3n) is 3.52. The van der Waals surface area contributed by atoms with E-state index in [9.17, 15) is 0 Å². The highest BCUT2D eigenvalue weighted by atomic mass is 14.9. The van der Waals surface area contributed by atoms with Gasteiger partial charge in [0.15, 0.2) is 0 Å². The zero-order valence-electron chi connectivity index (χ0n) is 9.60. The van der Waals surface area contributed by atoms with Gasteiger partial charge in [0.1, 0.15) is 0 Å². The molecule has 0 bridgehead atoms. The molecule has 1 heteroatoms. The van der Waals surface area contributed by atoms with Crippen LogP contribution in [0.25, 0.3) is 10.9 Å². The number of nitrogens with zero attached hydrogens (tertiary/aromatic N) is 1. The molecule has 0 spiro atoms. The van der Waals surface area contributed by atoms with Crippen LogP contribution >= 0.6 is 0 Å². The number of fused-ring (bicyclic) bond motifs is 1. The van der Waals surface area contributed by atoms with Crippen LogP contribution in [0, 0.1) is 27.7 Å². The van der Waals surface area contributed by atoms with Gasteiger partial charge in [0.05, 0.1) is 5.52 Å². The van der Waals surface area contributed by atoms with Crippen LogP contribution in [0.1, 0.15) is 22.3 Å². The van der Waals surface area contributed by atoms with Crippen LogP contribution in [-0.4, -0.2) is 4.57 Å². The van der Waals surface area contributed by atoms with Crippen molar-refractivity contribution in [3.63, 3.8) is 0 Å². The monoisotopic (exact) mass is 187 g/mol. The molecule has 0 radical (unpaired) electrons. The van der Waals surface area contributed by atoms with E-state index >= 15 is 0 Å². The van der Waals surface area contributed by atoms with Crippen LogP contribution in [-0.2, 0) is 7.05 Å². The highest BCUT2D eigenvalue weighted by molar-refractivity contribution is 5.88. The molecule has 1 aromatic carbocycles. The summed E-state index contributed by atoms with van der Waals surface area (Å²) in [5, 5.41) is 1.40. The van der Waals surface area contributed by atoms with Gasteiger partial charge < -0.3 is 4.57 Å². The first kappa shape index (κ1) is 9.32. The Kier molecular flexibility index (Phi) is 1.91. The van der Waals surface area contributed by atoms with Crippen molar-refractivity contribution in [3.05, 3.63) is 34.5 Å². The molecule has 1 nitrogen and oxygen atoms in total. The fraction of sp³-hybridized carbons (Fsp3) is 0.385. The van der Waals surface area contributed by atoms with Gasteiger partial charge >= 0.3 is 0 Å². The molecule has 1 heterocycles. The maximum Gasteiger partial charge on any atom is 0.0512 e. The highest BCUT2D eigenvalue weighted by Crippen LogP contribution is 2.29. The number of hydrogen-bond acceptors (Lipinski definition) is 0. The van der Waals surface area contributed by atoms with Crippen LogP contribution in [0.2, 0.25) is 0 Å². The molecule has 0 amide bonds. The standard InChI is InChI=1S/C13H17N/c1-8-9(2)11(4)13-12(10(8)3)6-7-14(13)5/h6-7H,1-5H3. The second-order valence-electron chi connectivity index (χ2n) is 4.19. The number of hydrogen-bond donors (Lipinski definition) is 0. The fourth-order valence-electron chi connectivity index (χ4n) is 2.24. The predicted molar refractivity (Wildman–Crippen MR) is 61.9 cm³/mol. The zero-order chi connectivity index (χ0) is 10.5. The minimum absolute atomic E-state index is 1.38. The fourth-order valence-corrected chi connectivity index (χ4v) is 2.24. The van der Waals surface area contributed by atoms with Gasteiger partial charge in [-0.3, -0.25) is 0 Å². The van der Waals surface area contributed by atoms with Crippen LogP contribution in [0.15, 0.2) is 12.3 Å². The normalized spacial score (nSPS) is 11.2. The smallest absolute Gasteiger partial charge is 0.0512 e. The summed E-state index contributed by atoms with van der Waals surface area (Å²) in [5.41, 5.74) is 7.07. The van der Waals surface area contributed by atoms with Crippen molar-refractivity contribution in [1.82, 2.24) is 4.57 Å². The van der Waals surface area contributed by atoms with Crippen LogP contribution in [0.4, 0.5) is 0 Å². The minimum atomic E-state index is 1.38. The maximum atomic E-state index is 2.21. The van der Waals surface area contributed by atoms with E-state index < -0.39 is 0 Å². The molecule has 1 aromatic heterocycles. The van der Waals surface area contributed by atoms with E-state index in [-0.39, 0.29) is 0 Å². The van der Waals surface area contributed by atoms with Gasteiger partial charge in [-0.2, -0.15) is 0 Å². The molecule has 2 aromatic rings.